The summed E-state index contributed by atoms with van der Waals surface area (Å²) in [6.07, 6.45) is 1.24. The van der Waals surface area contributed by atoms with Crippen LogP contribution in [0.25, 0.3) is 0 Å². The Morgan fingerprint density at radius 2 is 2.07 bits per heavy atom. The molecule has 0 spiro atoms. The van der Waals surface area contributed by atoms with Crippen molar-refractivity contribution in [3.05, 3.63) is 0 Å². The second-order valence-corrected chi connectivity index (χ2v) is 5.56. The molecule has 0 bridgehead atoms. The summed E-state index contributed by atoms with van der Waals surface area (Å²) >= 11 is 0. The number of nitrogens with two attached hydrogens (primary N) is 1. The van der Waals surface area contributed by atoms with Crippen LogP contribution < -0.4 is 11.1 Å². The first kappa shape index (κ1) is 11.5. The van der Waals surface area contributed by atoms with Gasteiger partial charge in [-0.3, -0.25) is 4.79 Å². The van der Waals surface area contributed by atoms with Crippen molar-refractivity contribution < 1.29 is 4.79 Å². The van der Waals surface area contributed by atoms with E-state index in [4.69, 9.17) is 5.73 Å². The summed E-state index contributed by atoms with van der Waals surface area (Å²) in [6.45, 7) is 8.95. The molecule has 1 aliphatic rings. The number of rotatable bonds is 3. The van der Waals surface area contributed by atoms with Crippen molar-refractivity contribution in [2.45, 2.75) is 40.2 Å². The highest BCUT2D eigenvalue weighted by Crippen LogP contribution is 2.36. The summed E-state index contributed by atoms with van der Waals surface area (Å²) in [4.78, 5) is 11.6. The highest BCUT2D eigenvalue weighted by atomic mass is 16.2. The molecule has 1 fully saturated rings. The monoisotopic (exact) mass is 198 g/mol. The average Bonchev–Trinajstić information content (AvgIpc) is 2.75. The Labute approximate surface area is 86.4 Å². The van der Waals surface area contributed by atoms with Crippen LogP contribution in [-0.2, 0) is 4.79 Å². The van der Waals surface area contributed by atoms with Crippen LogP contribution in [-0.4, -0.2) is 18.5 Å². The zero-order chi connectivity index (χ0) is 10.9. The molecule has 1 rings (SSSR count). The van der Waals surface area contributed by atoms with E-state index in [1.165, 1.54) is 6.42 Å². The summed E-state index contributed by atoms with van der Waals surface area (Å²) in [5.74, 6) is 1.45. The Bertz CT molecular complexity index is 220. The molecule has 14 heavy (non-hydrogen) atoms. The first-order chi connectivity index (χ1) is 6.32. The van der Waals surface area contributed by atoms with E-state index in [0.29, 0.717) is 5.92 Å². The van der Waals surface area contributed by atoms with Crippen LogP contribution in [0.15, 0.2) is 0 Å². The van der Waals surface area contributed by atoms with Crippen LogP contribution in [0.1, 0.15) is 34.1 Å². The molecule has 82 valence electrons. The lowest BCUT2D eigenvalue weighted by molar-refractivity contribution is -0.124. The second-order valence-electron chi connectivity index (χ2n) is 5.56. The summed E-state index contributed by atoms with van der Waals surface area (Å²) in [6, 6.07) is -0.406. The molecule has 1 amide bonds. The molecule has 3 nitrogen and oxygen atoms in total. The van der Waals surface area contributed by atoms with E-state index in [1.807, 2.05) is 20.8 Å². The van der Waals surface area contributed by atoms with Gasteiger partial charge in [0, 0.05) is 6.54 Å². The van der Waals surface area contributed by atoms with Gasteiger partial charge in [0.05, 0.1) is 6.04 Å². The third-order valence-electron chi connectivity index (χ3n) is 3.03. The van der Waals surface area contributed by atoms with Gasteiger partial charge in [-0.25, -0.2) is 0 Å². The van der Waals surface area contributed by atoms with E-state index in [-0.39, 0.29) is 11.3 Å². The molecule has 2 unspecified atom stereocenters. The molecule has 0 radical (unpaired) electrons. The number of hydrogen-bond donors (Lipinski definition) is 2. The van der Waals surface area contributed by atoms with Crippen molar-refractivity contribution in [3.8, 4) is 0 Å². The normalized spacial score (nSPS) is 28.4. The van der Waals surface area contributed by atoms with Gasteiger partial charge in [0.2, 0.25) is 5.91 Å². The molecule has 3 N–H and O–H groups in total. The molecule has 3 heteroatoms. The fourth-order valence-electron chi connectivity index (χ4n) is 1.42. The van der Waals surface area contributed by atoms with Crippen LogP contribution in [0.4, 0.5) is 0 Å². The third-order valence-corrected chi connectivity index (χ3v) is 3.03. The molecular formula is C11H22N2O. The second kappa shape index (κ2) is 3.89. The van der Waals surface area contributed by atoms with Crippen molar-refractivity contribution in [3.63, 3.8) is 0 Å². The number of carbonyl (C=O) groups is 1. The lowest BCUT2D eigenvalue weighted by Crippen LogP contribution is -2.49. The van der Waals surface area contributed by atoms with Crippen molar-refractivity contribution in [2.24, 2.45) is 23.0 Å². The molecule has 1 saturated carbocycles. The first-order valence-electron chi connectivity index (χ1n) is 5.35. The predicted molar refractivity (Wildman–Crippen MR) is 57.7 cm³/mol. The van der Waals surface area contributed by atoms with Crippen LogP contribution in [0.3, 0.4) is 0 Å². The Morgan fingerprint density at radius 1 is 1.57 bits per heavy atom. The minimum absolute atomic E-state index is 0.0170. The van der Waals surface area contributed by atoms with Gasteiger partial charge < -0.3 is 11.1 Å². The zero-order valence-electron chi connectivity index (χ0n) is 9.63. The van der Waals surface area contributed by atoms with Crippen molar-refractivity contribution in [1.29, 1.82) is 0 Å². The van der Waals surface area contributed by atoms with Crippen LogP contribution in [0, 0.1) is 17.3 Å². The largest absolute Gasteiger partial charge is 0.354 e. The van der Waals surface area contributed by atoms with Crippen molar-refractivity contribution >= 4 is 5.91 Å². The van der Waals surface area contributed by atoms with Gasteiger partial charge in [-0.1, -0.05) is 27.7 Å². The van der Waals surface area contributed by atoms with Crippen LogP contribution in [0.5, 0.6) is 0 Å². The van der Waals surface area contributed by atoms with Crippen LogP contribution >= 0.6 is 0 Å². The Hall–Kier alpha value is -0.570. The van der Waals surface area contributed by atoms with Gasteiger partial charge in [-0.05, 0) is 23.7 Å². The molecule has 0 aromatic carbocycles. The van der Waals surface area contributed by atoms with E-state index in [0.717, 1.165) is 12.5 Å². The van der Waals surface area contributed by atoms with Crippen LogP contribution in [0.2, 0.25) is 0 Å². The summed E-state index contributed by atoms with van der Waals surface area (Å²) in [5.41, 5.74) is 5.67. The molecule has 1 aliphatic carbocycles. The zero-order valence-corrected chi connectivity index (χ0v) is 9.63. The standard InChI is InChI=1S/C11H22N2O/c1-7-5-8(7)6-13-10(14)9(12)11(2,3)4/h7-9H,5-6,12H2,1-4H3,(H,13,14)/t7?,8?,9-/m0/s1. The lowest BCUT2D eigenvalue weighted by Gasteiger charge is -2.25. The van der Waals surface area contributed by atoms with E-state index in [1.54, 1.807) is 0 Å². The molecule has 0 aromatic rings. The van der Waals surface area contributed by atoms with E-state index in [9.17, 15) is 4.79 Å². The van der Waals surface area contributed by atoms with E-state index >= 15 is 0 Å². The van der Waals surface area contributed by atoms with Crippen molar-refractivity contribution in [1.82, 2.24) is 5.32 Å². The van der Waals surface area contributed by atoms with Gasteiger partial charge in [-0.15, -0.1) is 0 Å². The Balaban J connectivity index is 2.27. The quantitative estimate of drug-likeness (QED) is 0.714. The number of hydrogen-bond acceptors (Lipinski definition) is 2. The lowest BCUT2D eigenvalue weighted by atomic mass is 9.87. The highest BCUT2D eigenvalue weighted by Gasteiger charge is 2.34. The summed E-state index contributed by atoms with van der Waals surface area (Å²) < 4.78 is 0. The predicted octanol–water partition coefficient (Wildman–Crippen LogP) is 1.13. The number of carbonyl (C=O) groups excluding carboxylic acids is 1. The number of nitrogens with one attached hydrogen (secondary N) is 1. The fraction of sp³-hybridized carbons (Fsp3) is 0.909. The summed E-state index contributed by atoms with van der Waals surface area (Å²) in [5, 5.41) is 2.92. The number of amides is 1. The van der Waals surface area contributed by atoms with E-state index < -0.39 is 6.04 Å². The minimum Gasteiger partial charge on any atom is -0.354 e. The van der Waals surface area contributed by atoms with Crippen molar-refractivity contribution in [2.75, 3.05) is 6.54 Å². The van der Waals surface area contributed by atoms with E-state index in [2.05, 4.69) is 12.2 Å². The average molecular weight is 198 g/mol. The fourth-order valence-corrected chi connectivity index (χ4v) is 1.42. The van der Waals surface area contributed by atoms with Gasteiger partial charge in [0.25, 0.3) is 0 Å². The Morgan fingerprint density at radius 3 is 2.43 bits per heavy atom. The Kier molecular flexibility index (Phi) is 3.20. The molecule has 3 atom stereocenters. The third kappa shape index (κ3) is 2.98. The first-order valence-corrected chi connectivity index (χ1v) is 5.35. The molecule has 0 saturated heterocycles. The maximum atomic E-state index is 11.6. The smallest absolute Gasteiger partial charge is 0.237 e. The maximum Gasteiger partial charge on any atom is 0.237 e. The molecule has 0 aromatic heterocycles. The summed E-state index contributed by atoms with van der Waals surface area (Å²) in [7, 11) is 0. The topological polar surface area (TPSA) is 55.1 Å². The molecule has 0 heterocycles. The molecular weight excluding hydrogens is 176 g/mol. The van der Waals surface area contributed by atoms with Gasteiger partial charge >= 0.3 is 0 Å². The minimum atomic E-state index is -0.406. The maximum absolute atomic E-state index is 11.6. The van der Waals surface area contributed by atoms with Gasteiger partial charge in [0.1, 0.15) is 0 Å². The van der Waals surface area contributed by atoms with Gasteiger partial charge in [-0.2, -0.15) is 0 Å². The highest BCUT2D eigenvalue weighted by molar-refractivity contribution is 5.82. The molecule has 0 aliphatic heterocycles. The van der Waals surface area contributed by atoms with Gasteiger partial charge in [0.15, 0.2) is 0 Å². The SMILES string of the molecule is CC1CC1CNC(=O)[C@H](N)C(C)(C)C.